The van der Waals surface area contributed by atoms with Crippen LogP contribution < -0.4 is 5.32 Å². The van der Waals surface area contributed by atoms with E-state index in [9.17, 15) is 4.79 Å². The topological polar surface area (TPSA) is 41.6 Å². The van der Waals surface area contributed by atoms with E-state index in [0.29, 0.717) is 5.92 Å². The molecule has 1 aliphatic rings. The highest BCUT2D eigenvalue weighted by Crippen LogP contribution is 2.21. The maximum atomic E-state index is 12.4. The first-order valence-electron chi connectivity index (χ1n) is 7.79. The van der Waals surface area contributed by atoms with E-state index >= 15 is 0 Å². The van der Waals surface area contributed by atoms with Gasteiger partial charge in [0.15, 0.2) is 0 Å². The SMILES string of the molecule is CCCOCCCN1C(=O)C(C(C)CC)NC1CC. The summed E-state index contributed by atoms with van der Waals surface area (Å²) in [4.78, 5) is 14.4. The quantitative estimate of drug-likeness (QED) is 0.654. The second-order valence-electron chi connectivity index (χ2n) is 5.45. The number of amides is 1. The van der Waals surface area contributed by atoms with E-state index in [2.05, 4.69) is 33.0 Å². The average Bonchev–Trinajstić information content (AvgIpc) is 2.74. The van der Waals surface area contributed by atoms with Crippen LogP contribution in [0.5, 0.6) is 0 Å². The van der Waals surface area contributed by atoms with Gasteiger partial charge in [-0.2, -0.15) is 0 Å². The van der Waals surface area contributed by atoms with Gasteiger partial charge >= 0.3 is 0 Å². The van der Waals surface area contributed by atoms with Gasteiger partial charge in [0, 0.05) is 19.8 Å². The minimum Gasteiger partial charge on any atom is -0.381 e. The summed E-state index contributed by atoms with van der Waals surface area (Å²) in [6, 6.07) is 0.00603. The van der Waals surface area contributed by atoms with Gasteiger partial charge in [0.2, 0.25) is 5.91 Å². The number of hydrogen-bond donors (Lipinski definition) is 1. The second kappa shape index (κ2) is 8.54. The first-order valence-corrected chi connectivity index (χ1v) is 7.79. The Morgan fingerprint density at radius 2 is 2.05 bits per heavy atom. The predicted octanol–water partition coefficient (Wildman–Crippen LogP) is 2.39. The third-order valence-electron chi connectivity index (χ3n) is 3.93. The number of carbonyl (C=O) groups excluding carboxylic acids is 1. The van der Waals surface area contributed by atoms with Crippen molar-refractivity contribution in [3.05, 3.63) is 0 Å². The average molecular weight is 270 g/mol. The molecule has 1 saturated heterocycles. The smallest absolute Gasteiger partial charge is 0.241 e. The van der Waals surface area contributed by atoms with Crippen molar-refractivity contribution >= 4 is 5.91 Å². The fraction of sp³-hybridized carbons (Fsp3) is 0.933. The molecule has 0 aromatic carbocycles. The van der Waals surface area contributed by atoms with Gasteiger partial charge in [0.1, 0.15) is 0 Å². The van der Waals surface area contributed by atoms with E-state index in [4.69, 9.17) is 4.74 Å². The monoisotopic (exact) mass is 270 g/mol. The van der Waals surface area contributed by atoms with Crippen molar-refractivity contribution in [1.29, 1.82) is 0 Å². The van der Waals surface area contributed by atoms with Gasteiger partial charge in [-0.15, -0.1) is 0 Å². The van der Waals surface area contributed by atoms with Crippen LogP contribution in [-0.2, 0) is 9.53 Å². The predicted molar refractivity (Wildman–Crippen MR) is 77.9 cm³/mol. The molecule has 0 aliphatic carbocycles. The van der Waals surface area contributed by atoms with Crippen LogP contribution in [0.1, 0.15) is 53.4 Å². The zero-order chi connectivity index (χ0) is 14.3. The van der Waals surface area contributed by atoms with E-state index in [0.717, 1.165) is 45.4 Å². The molecule has 1 aliphatic heterocycles. The van der Waals surface area contributed by atoms with E-state index < -0.39 is 0 Å². The van der Waals surface area contributed by atoms with E-state index in [1.54, 1.807) is 0 Å². The summed E-state index contributed by atoms with van der Waals surface area (Å²) in [7, 11) is 0. The molecule has 0 aromatic rings. The van der Waals surface area contributed by atoms with Crippen molar-refractivity contribution in [2.24, 2.45) is 5.92 Å². The van der Waals surface area contributed by atoms with Gasteiger partial charge in [0.05, 0.1) is 12.2 Å². The molecule has 0 bridgehead atoms. The van der Waals surface area contributed by atoms with Gasteiger partial charge in [-0.3, -0.25) is 10.1 Å². The molecule has 0 spiro atoms. The maximum absolute atomic E-state index is 12.4. The summed E-state index contributed by atoms with van der Waals surface area (Å²) in [5, 5.41) is 3.48. The van der Waals surface area contributed by atoms with Crippen LogP contribution >= 0.6 is 0 Å². The molecule has 1 amide bonds. The van der Waals surface area contributed by atoms with Crippen molar-refractivity contribution in [3.8, 4) is 0 Å². The zero-order valence-electron chi connectivity index (χ0n) is 12.9. The molecule has 1 N–H and O–H groups in total. The van der Waals surface area contributed by atoms with Gasteiger partial charge in [-0.25, -0.2) is 0 Å². The molecule has 4 heteroatoms. The molecule has 0 radical (unpaired) electrons. The summed E-state index contributed by atoms with van der Waals surface area (Å²) < 4.78 is 5.48. The van der Waals surface area contributed by atoms with Gasteiger partial charge < -0.3 is 9.64 Å². The molecule has 3 atom stereocenters. The van der Waals surface area contributed by atoms with Crippen molar-refractivity contribution in [3.63, 3.8) is 0 Å². The van der Waals surface area contributed by atoms with E-state index in [-0.39, 0.29) is 18.1 Å². The minimum atomic E-state index is 0.00603. The lowest BCUT2D eigenvalue weighted by Gasteiger charge is -2.23. The Kier molecular flexibility index (Phi) is 7.39. The molecule has 1 rings (SSSR count). The van der Waals surface area contributed by atoms with Crippen molar-refractivity contribution in [1.82, 2.24) is 10.2 Å². The Hall–Kier alpha value is -0.610. The van der Waals surface area contributed by atoms with Gasteiger partial charge in [-0.1, -0.05) is 34.1 Å². The van der Waals surface area contributed by atoms with Gasteiger partial charge in [-0.05, 0) is 25.2 Å². The highest BCUT2D eigenvalue weighted by atomic mass is 16.5. The van der Waals surface area contributed by atoms with Crippen LogP contribution in [0.25, 0.3) is 0 Å². The molecule has 1 heterocycles. The maximum Gasteiger partial charge on any atom is 0.241 e. The van der Waals surface area contributed by atoms with Crippen molar-refractivity contribution < 1.29 is 9.53 Å². The van der Waals surface area contributed by atoms with Crippen LogP contribution in [0.2, 0.25) is 0 Å². The number of carbonyl (C=O) groups is 1. The number of ether oxygens (including phenoxy) is 1. The summed E-state index contributed by atoms with van der Waals surface area (Å²) >= 11 is 0. The molecule has 3 unspecified atom stereocenters. The normalized spacial score (nSPS) is 25.1. The third-order valence-corrected chi connectivity index (χ3v) is 3.93. The Morgan fingerprint density at radius 1 is 1.32 bits per heavy atom. The lowest BCUT2D eigenvalue weighted by Crippen LogP contribution is -2.37. The van der Waals surface area contributed by atoms with Crippen LogP contribution in [0.3, 0.4) is 0 Å². The number of nitrogens with zero attached hydrogens (tertiary/aromatic N) is 1. The molecule has 19 heavy (non-hydrogen) atoms. The Morgan fingerprint density at radius 3 is 2.63 bits per heavy atom. The molecule has 1 fully saturated rings. The van der Waals surface area contributed by atoms with Crippen LogP contribution in [0.15, 0.2) is 0 Å². The van der Waals surface area contributed by atoms with Crippen LogP contribution in [0.4, 0.5) is 0 Å². The standard InChI is InChI=1S/C15H30N2O2/c1-5-10-19-11-8-9-17-13(7-3)16-14(15(17)18)12(4)6-2/h12-14,16H,5-11H2,1-4H3. The van der Waals surface area contributed by atoms with Gasteiger partial charge in [0.25, 0.3) is 0 Å². The Balaban J connectivity index is 2.44. The largest absolute Gasteiger partial charge is 0.381 e. The summed E-state index contributed by atoms with van der Waals surface area (Å²) in [6.45, 7) is 10.9. The lowest BCUT2D eigenvalue weighted by atomic mass is 9.99. The molecule has 112 valence electrons. The van der Waals surface area contributed by atoms with Crippen molar-refractivity contribution in [2.75, 3.05) is 19.8 Å². The summed E-state index contributed by atoms with van der Waals surface area (Å²) in [5.74, 6) is 0.680. The lowest BCUT2D eigenvalue weighted by molar-refractivity contribution is -0.131. The molecule has 0 aromatic heterocycles. The third kappa shape index (κ3) is 4.46. The highest BCUT2D eigenvalue weighted by Gasteiger charge is 2.39. The number of hydrogen-bond acceptors (Lipinski definition) is 3. The molecule has 0 saturated carbocycles. The van der Waals surface area contributed by atoms with Crippen molar-refractivity contribution in [2.45, 2.75) is 65.6 Å². The number of nitrogens with one attached hydrogen (secondary N) is 1. The fourth-order valence-corrected chi connectivity index (χ4v) is 2.53. The molecular formula is C15H30N2O2. The second-order valence-corrected chi connectivity index (χ2v) is 5.45. The molecule has 4 nitrogen and oxygen atoms in total. The number of rotatable bonds is 9. The van der Waals surface area contributed by atoms with Crippen LogP contribution in [0, 0.1) is 5.92 Å². The Labute approximate surface area is 117 Å². The van der Waals surface area contributed by atoms with Crippen LogP contribution in [-0.4, -0.2) is 42.8 Å². The zero-order valence-corrected chi connectivity index (χ0v) is 12.9. The summed E-state index contributed by atoms with van der Waals surface area (Å²) in [5.41, 5.74) is 0. The molecular weight excluding hydrogens is 240 g/mol. The highest BCUT2D eigenvalue weighted by molar-refractivity contribution is 5.84. The fourth-order valence-electron chi connectivity index (χ4n) is 2.53. The Bertz CT molecular complexity index is 271. The first kappa shape index (κ1) is 16.4. The summed E-state index contributed by atoms with van der Waals surface area (Å²) in [6.07, 6.45) is 4.19. The minimum absolute atomic E-state index is 0.00603. The van der Waals surface area contributed by atoms with E-state index in [1.165, 1.54) is 0 Å². The first-order chi connectivity index (χ1) is 9.15. The van der Waals surface area contributed by atoms with E-state index in [1.807, 2.05) is 4.90 Å².